The van der Waals surface area contributed by atoms with Gasteiger partial charge in [-0.05, 0) is 11.6 Å². The van der Waals surface area contributed by atoms with E-state index in [0.29, 0.717) is 22.3 Å². The van der Waals surface area contributed by atoms with Crippen molar-refractivity contribution in [1.82, 2.24) is 0 Å². The number of nitrogens with two attached hydrogens (primary N) is 1. The van der Waals surface area contributed by atoms with Gasteiger partial charge in [-0.3, -0.25) is 4.79 Å². The Morgan fingerprint density at radius 3 is 2.85 bits per heavy atom. The van der Waals surface area contributed by atoms with Gasteiger partial charge in [-0.1, -0.05) is 28.1 Å². The topological polar surface area (TPSA) is 43.1 Å². The van der Waals surface area contributed by atoms with Gasteiger partial charge < -0.3 is 5.73 Å². The summed E-state index contributed by atoms with van der Waals surface area (Å²) in [4.78, 5) is 11.8. The van der Waals surface area contributed by atoms with E-state index < -0.39 is 0 Å². The van der Waals surface area contributed by atoms with Gasteiger partial charge in [-0.2, -0.15) is 0 Å². The summed E-state index contributed by atoms with van der Waals surface area (Å²) in [6.07, 6.45) is 0.384. The Bertz CT molecular complexity index is 327. The number of carbonyl (C=O) groups excluding carboxylic acids is 1. The molecule has 1 aromatic carbocycles. The molecule has 0 heterocycles. The standard InChI is InChI=1S/C9H10BrNOS/c10-5-7(12)4-6-2-1-3-8(11)9(6)13/h1-3,13H,4-5,11H2. The van der Waals surface area contributed by atoms with Crippen LogP contribution in [0.25, 0.3) is 0 Å². The second-order valence-electron chi connectivity index (χ2n) is 2.70. The van der Waals surface area contributed by atoms with Crippen LogP contribution in [-0.4, -0.2) is 11.1 Å². The molecule has 0 aliphatic carbocycles. The molecule has 1 rings (SSSR count). The molecule has 0 fully saturated rings. The number of hydrogen-bond donors (Lipinski definition) is 2. The third kappa shape index (κ3) is 2.74. The summed E-state index contributed by atoms with van der Waals surface area (Å²) in [5, 5.41) is 0.370. The molecule has 70 valence electrons. The minimum atomic E-state index is 0.126. The molecule has 0 saturated carbocycles. The molecule has 4 heteroatoms. The average molecular weight is 260 g/mol. The van der Waals surface area contributed by atoms with Crippen molar-refractivity contribution in [3.05, 3.63) is 23.8 Å². The number of thiol groups is 1. The molecule has 0 saturated heterocycles. The van der Waals surface area contributed by atoms with Crippen LogP contribution in [0.15, 0.2) is 23.1 Å². The molecule has 0 radical (unpaired) electrons. The van der Waals surface area contributed by atoms with Crippen LogP contribution in [0.2, 0.25) is 0 Å². The highest BCUT2D eigenvalue weighted by Gasteiger charge is 2.06. The molecular formula is C9H10BrNOS. The normalized spacial score (nSPS) is 10.0. The Morgan fingerprint density at radius 1 is 1.54 bits per heavy atom. The zero-order valence-corrected chi connectivity index (χ0v) is 9.44. The van der Waals surface area contributed by atoms with E-state index in [1.165, 1.54) is 0 Å². The van der Waals surface area contributed by atoms with E-state index in [0.717, 1.165) is 5.56 Å². The van der Waals surface area contributed by atoms with Gasteiger partial charge in [0.15, 0.2) is 0 Å². The maximum atomic E-state index is 11.1. The predicted octanol–water partition coefficient (Wildman–Crippen LogP) is 2.06. The molecule has 0 unspecified atom stereocenters. The Labute approximate surface area is 91.1 Å². The molecular weight excluding hydrogens is 250 g/mol. The van der Waals surface area contributed by atoms with E-state index in [4.69, 9.17) is 5.73 Å². The summed E-state index contributed by atoms with van der Waals surface area (Å²) in [6, 6.07) is 5.45. The van der Waals surface area contributed by atoms with Gasteiger partial charge in [0, 0.05) is 17.0 Å². The van der Waals surface area contributed by atoms with Crippen LogP contribution in [0, 0.1) is 0 Å². The summed E-state index contributed by atoms with van der Waals surface area (Å²) in [5.41, 5.74) is 7.13. The second kappa shape index (κ2) is 4.67. The number of carbonyl (C=O) groups is 1. The minimum absolute atomic E-state index is 0.126. The van der Waals surface area contributed by atoms with Crippen molar-refractivity contribution in [2.45, 2.75) is 11.3 Å². The fraction of sp³-hybridized carbons (Fsp3) is 0.222. The Hall–Kier alpha value is -0.480. The van der Waals surface area contributed by atoms with E-state index in [-0.39, 0.29) is 5.78 Å². The molecule has 2 N–H and O–H groups in total. The first-order valence-corrected chi connectivity index (χ1v) is 5.36. The van der Waals surface area contributed by atoms with E-state index >= 15 is 0 Å². The van der Waals surface area contributed by atoms with Crippen LogP contribution >= 0.6 is 28.6 Å². The summed E-state index contributed by atoms with van der Waals surface area (Å²) in [6.45, 7) is 0. The molecule has 0 amide bonds. The van der Waals surface area contributed by atoms with Crippen molar-refractivity contribution in [2.24, 2.45) is 0 Å². The zero-order chi connectivity index (χ0) is 9.84. The third-order valence-corrected chi connectivity index (χ3v) is 2.86. The van der Waals surface area contributed by atoms with Crippen molar-refractivity contribution in [1.29, 1.82) is 0 Å². The smallest absolute Gasteiger partial charge is 0.147 e. The fourth-order valence-electron chi connectivity index (χ4n) is 1.01. The first-order chi connectivity index (χ1) is 6.15. The number of rotatable bonds is 3. The van der Waals surface area contributed by atoms with Crippen LogP contribution in [0.1, 0.15) is 5.56 Å². The van der Waals surface area contributed by atoms with Gasteiger partial charge in [-0.25, -0.2) is 0 Å². The largest absolute Gasteiger partial charge is 0.398 e. The summed E-state index contributed by atoms with van der Waals surface area (Å²) in [7, 11) is 0. The summed E-state index contributed by atoms with van der Waals surface area (Å²) < 4.78 is 0. The van der Waals surface area contributed by atoms with Crippen LogP contribution in [0.5, 0.6) is 0 Å². The van der Waals surface area contributed by atoms with Crippen LogP contribution in [-0.2, 0) is 11.2 Å². The molecule has 2 nitrogen and oxygen atoms in total. The molecule has 1 aromatic rings. The number of nitrogen functional groups attached to an aromatic ring is 1. The van der Waals surface area contributed by atoms with Gasteiger partial charge >= 0.3 is 0 Å². The number of hydrogen-bond acceptors (Lipinski definition) is 3. The van der Waals surface area contributed by atoms with Gasteiger partial charge in [0.05, 0.1) is 5.33 Å². The Kier molecular flexibility index (Phi) is 3.81. The number of halogens is 1. The summed E-state index contributed by atoms with van der Waals surface area (Å²) in [5.74, 6) is 0.126. The third-order valence-electron chi connectivity index (χ3n) is 1.69. The van der Waals surface area contributed by atoms with Gasteiger partial charge in [0.2, 0.25) is 0 Å². The Balaban J connectivity index is 2.89. The first kappa shape index (κ1) is 10.6. The molecule has 0 aromatic heterocycles. The Morgan fingerprint density at radius 2 is 2.23 bits per heavy atom. The quantitative estimate of drug-likeness (QED) is 0.496. The number of Topliss-reactive ketones (excluding diaryl/α,β-unsaturated/α-hetero) is 1. The van der Waals surface area contributed by atoms with Gasteiger partial charge in [-0.15, -0.1) is 12.6 Å². The predicted molar refractivity (Wildman–Crippen MR) is 60.6 cm³/mol. The monoisotopic (exact) mass is 259 g/mol. The first-order valence-electron chi connectivity index (χ1n) is 3.79. The lowest BCUT2D eigenvalue weighted by molar-refractivity contribution is -0.115. The molecule has 0 aliphatic heterocycles. The highest BCUT2D eigenvalue weighted by atomic mass is 79.9. The van der Waals surface area contributed by atoms with Crippen LogP contribution in [0.4, 0.5) is 5.69 Å². The van der Waals surface area contributed by atoms with Crippen LogP contribution in [0.3, 0.4) is 0 Å². The minimum Gasteiger partial charge on any atom is -0.398 e. The highest BCUT2D eigenvalue weighted by Crippen LogP contribution is 2.21. The molecule has 0 aliphatic rings. The maximum absolute atomic E-state index is 11.1. The lowest BCUT2D eigenvalue weighted by Gasteiger charge is -2.05. The zero-order valence-electron chi connectivity index (χ0n) is 6.96. The van der Waals surface area contributed by atoms with Crippen LogP contribution < -0.4 is 5.73 Å². The van der Waals surface area contributed by atoms with Crippen molar-refractivity contribution in [2.75, 3.05) is 11.1 Å². The van der Waals surface area contributed by atoms with Crippen molar-refractivity contribution >= 4 is 40.0 Å². The molecule has 0 bridgehead atoms. The number of benzene rings is 1. The van der Waals surface area contributed by atoms with Crippen molar-refractivity contribution < 1.29 is 4.79 Å². The fourth-order valence-corrected chi connectivity index (χ4v) is 1.44. The lowest BCUT2D eigenvalue weighted by Crippen LogP contribution is -2.05. The van der Waals surface area contributed by atoms with Gasteiger partial charge in [0.25, 0.3) is 0 Å². The molecule has 0 spiro atoms. The summed E-state index contributed by atoms with van der Waals surface area (Å²) >= 11 is 7.34. The van der Waals surface area contributed by atoms with E-state index in [9.17, 15) is 4.79 Å². The van der Waals surface area contributed by atoms with E-state index in [1.54, 1.807) is 6.07 Å². The SMILES string of the molecule is Nc1cccc(CC(=O)CBr)c1S. The molecule has 13 heavy (non-hydrogen) atoms. The van der Waals surface area contributed by atoms with E-state index in [2.05, 4.69) is 28.6 Å². The molecule has 0 atom stereocenters. The number of ketones is 1. The van der Waals surface area contributed by atoms with Crippen molar-refractivity contribution in [3.8, 4) is 0 Å². The van der Waals surface area contributed by atoms with Gasteiger partial charge in [0.1, 0.15) is 5.78 Å². The van der Waals surface area contributed by atoms with E-state index in [1.807, 2.05) is 12.1 Å². The number of anilines is 1. The highest BCUT2D eigenvalue weighted by molar-refractivity contribution is 9.09. The second-order valence-corrected chi connectivity index (χ2v) is 3.71. The lowest BCUT2D eigenvalue weighted by atomic mass is 10.1. The average Bonchev–Trinajstić information content (AvgIpc) is 2.13. The number of alkyl halides is 1. The van der Waals surface area contributed by atoms with Crippen molar-refractivity contribution in [3.63, 3.8) is 0 Å². The maximum Gasteiger partial charge on any atom is 0.147 e.